The Kier molecular flexibility index (Phi) is 7.77. The van der Waals surface area contributed by atoms with E-state index in [2.05, 4.69) is 0 Å². The van der Waals surface area contributed by atoms with Crippen molar-refractivity contribution in [1.82, 2.24) is 9.47 Å². The third-order valence-corrected chi connectivity index (χ3v) is 6.09. The molecule has 1 aliphatic heterocycles. The highest BCUT2D eigenvalue weighted by Gasteiger charge is 2.38. The average Bonchev–Trinajstić information content (AvgIpc) is 3.45. The van der Waals surface area contributed by atoms with Gasteiger partial charge in [-0.05, 0) is 33.0 Å². The first-order valence-corrected chi connectivity index (χ1v) is 9.91. The number of hydrogen-bond acceptors (Lipinski definition) is 6. The van der Waals surface area contributed by atoms with E-state index in [1.807, 2.05) is 23.9 Å². The summed E-state index contributed by atoms with van der Waals surface area (Å²) in [5.41, 5.74) is -0.362. The fraction of sp³-hybridized carbons (Fsp3) is 0.524. The van der Waals surface area contributed by atoms with Crippen LogP contribution in [0.15, 0.2) is 17.1 Å². The maximum Gasteiger partial charge on any atom is 0.341 e. The molecule has 1 aromatic carbocycles. The predicted octanol–water partition coefficient (Wildman–Crippen LogP) is 1.54. The summed E-state index contributed by atoms with van der Waals surface area (Å²) in [7, 11) is 6.98. The second-order valence-corrected chi connectivity index (χ2v) is 8.16. The van der Waals surface area contributed by atoms with Gasteiger partial charge in [0, 0.05) is 32.4 Å². The molecule has 3 N–H and O–H groups in total. The topological polar surface area (TPSA) is 116 Å². The van der Waals surface area contributed by atoms with Crippen LogP contribution in [0.4, 0.5) is 10.1 Å². The van der Waals surface area contributed by atoms with Crippen molar-refractivity contribution >= 4 is 35.0 Å². The molecule has 0 amide bonds. The lowest BCUT2D eigenvalue weighted by atomic mass is 10.1. The van der Waals surface area contributed by atoms with Crippen LogP contribution in [0.25, 0.3) is 10.9 Å². The minimum absolute atomic E-state index is 0. The summed E-state index contributed by atoms with van der Waals surface area (Å²) in [4.78, 5) is 28.3. The van der Waals surface area contributed by atoms with Crippen molar-refractivity contribution in [3.05, 3.63) is 33.9 Å². The lowest BCUT2D eigenvalue weighted by Crippen LogP contribution is -2.39. The molecule has 2 heterocycles. The van der Waals surface area contributed by atoms with Gasteiger partial charge in [-0.15, -0.1) is 12.4 Å². The van der Waals surface area contributed by atoms with Gasteiger partial charge >= 0.3 is 5.97 Å². The molecule has 2 aromatic rings. The number of carbonyl (C=O) groups is 1. The minimum atomic E-state index is -1.32. The van der Waals surface area contributed by atoms with Crippen molar-refractivity contribution in [2.45, 2.75) is 31.0 Å². The zero-order valence-electron chi connectivity index (χ0n) is 18.4. The normalized spacial score (nSPS) is 20.2. The molecule has 178 valence electrons. The molecule has 0 spiro atoms. The number of benzene rings is 1. The fourth-order valence-corrected chi connectivity index (χ4v) is 4.39. The molecular formula is C21H29ClFN3O6. The van der Waals surface area contributed by atoms with Gasteiger partial charge in [-0.2, -0.15) is 0 Å². The van der Waals surface area contributed by atoms with Gasteiger partial charge in [-0.25, -0.2) is 9.18 Å². The molecule has 9 nitrogen and oxygen atoms in total. The summed E-state index contributed by atoms with van der Waals surface area (Å²) in [5.74, 6) is -1.69. The highest BCUT2D eigenvalue weighted by molar-refractivity contribution is 5.97. The second-order valence-electron chi connectivity index (χ2n) is 8.16. The zero-order chi connectivity index (χ0) is 21.7. The molecule has 2 atom stereocenters. The molecule has 4 rings (SSSR count). The molecule has 32 heavy (non-hydrogen) atoms. The fourth-order valence-electron chi connectivity index (χ4n) is 4.39. The van der Waals surface area contributed by atoms with E-state index in [-0.39, 0.29) is 58.5 Å². The average molecular weight is 474 g/mol. The molecule has 1 aromatic heterocycles. The summed E-state index contributed by atoms with van der Waals surface area (Å²) in [6, 6.07) is 1.28. The van der Waals surface area contributed by atoms with Crippen molar-refractivity contribution < 1.29 is 29.2 Å². The lowest BCUT2D eigenvalue weighted by Gasteiger charge is -2.25. The largest absolute Gasteiger partial charge is 0.492 e. The SMILES string of the molecule is COc1c(N2C[C@@H](OC)[C@@H](N(C)C)C2)c(F)cc2c(=O)c(C(=O)O)cn(C3CC3)c12.Cl.O. The van der Waals surface area contributed by atoms with Crippen molar-refractivity contribution in [2.24, 2.45) is 0 Å². The number of nitrogens with zero attached hydrogens (tertiary/aromatic N) is 3. The van der Waals surface area contributed by atoms with Crippen molar-refractivity contribution in [1.29, 1.82) is 0 Å². The van der Waals surface area contributed by atoms with Gasteiger partial charge in [-0.3, -0.25) is 4.79 Å². The summed E-state index contributed by atoms with van der Waals surface area (Å²) >= 11 is 0. The van der Waals surface area contributed by atoms with Gasteiger partial charge in [-0.1, -0.05) is 0 Å². The van der Waals surface area contributed by atoms with Gasteiger partial charge in [0.15, 0.2) is 11.6 Å². The van der Waals surface area contributed by atoms with Crippen molar-refractivity contribution in [3.63, 3.8) is 0 Å². The molecule has 0 bridgehead atoms. The number of rotatable bonds is 6. The van der Waals surface area contributed by atoms with Gasteiger partial charge in [0.2, 0.25) is 5.43 Å². The first-order valence-electron chi connectivity index (χ1n) is 9.91. The number of likely N-dealkylation sites (N-methyl/N-ethyl adjacent to an activating group) is 1. The molecule has 2 fully saturated rings. The van der Waals surface area contributed by atoms with E-state index < -0.39 is 17.2 Å². The minimum Gasteiger partial charge on any atom is -0.492 e. The lowest BCUT2D eigenvalue weighted by molar-refractivity contribution is 0.0639. The van der Waals surface area contributed by atoms with Crippen LogP contribution in [-0.2, 0) is 4.74 Å². The maximum atomic E-state index is 15.4. The number of halogens is 2. The van der Waals surface area contributed by atoms with E-state index in [9.17, 15) is 14.7 Å². The maximum absolute atomic E-state index is 15.4. The Morgan fingerprint density at radius 3 is 2.38 bits per heavy atom. The van der Waals surface area contributed by atoms with Gasteiger partial charge in [0.1, 0.15) is 11.3 Å². The molecule has 11 heteroatoms. The Labute approximate surface area is 191 Å². The van der Waals surface area contributed by atoms with Crippen LogP contribution in [0.2, 0.25) is 0 Å². The Hall–Kier alpha value is -2.40. The molecular weight excluding hydrogens is 445 g/mol. The van der Waals surface area contributed by atoms with Gasteiger partial charge in [0.25, 0.3) is 0 Å². The van der Waals surface area contributed by atoms with Crippen LogP contribution in [0, 0.1) is 5.82 Å². The Morgan fingerprint density at radius 2 is 1.91 bits per heavy atom. The standard InChI is InChI=1S/C21H26FN3O5.ClH.H2O/c1-23(2)15-9-24(10-16(15)29-3)18-14(22)7-12-17(20(18)30-4)25(11-5-6-11)8-13(19(12)26)21(27)28;;/h7-8,11,15-16H,5-6,9-10H2,1-4H3,(H,27,28);1H;1H2/t15-,16+;;/m0../s1. The third-order valence-electron chi connectivity index (χ3n) is 6.09. The summed E-state index contributed by atoms with van der Waals surface area (Å²) in [6.07, 6.45) is 2.98. The van der Waals surface area contributed by atoms with E-state index >= 15 is 4.39 Å². The molecule has 0 unspecified atom stereocenters. The number of anilines is 1. The summed E-state index contributed by atoms with van der Waals surface area (Å²) in [6.45, 7) is 1.00. The van der Waals surface area contributed by atoms with Crippen LogP contribution in [0.1, 0.15) is 29.2 Å². The molecule has 0 radical (unpaired) electrons. The number of carboxylic acids is 1. The number of hydrogen-bond donors (Lipinski definition) is 1. The van der Waals surface area contributed by atoms with E-state index in [4.69, 9.17) is 9.47 Å². The number of aromatic carboxylic acids is 1. The van der Waals surface area contributed by atoms with Gasteiger partial charge in [0.05, 0.1) is 30.2 Å². The van der Waals surface area contributed by atoms with Crippen LogP contribution in [0.5, 0.6) is 5.75 Å². The van der Waals surface area contributed by atoms with Crippen molar-refractivity contribution in [2.75, 3.05) is 46.3 Å². The number of fused-ring (bicyclic) bond motifs is 1. The van der Waals surface area contributed by atoms with E-state index in [0.717, 1.165) is 18.9 Å². The van der Waals surface area contributed by atoms with E-state index in [1.165, 1.54) is 13.3 Å². The van der Waals surface area contributed by atoms with Crippen LogP contribution >= 0.6 is 12.4 Å². The van der Waals surface area contributed by atoms with Crippen molar-refractivity contribution in [3.8, 4) is 5.75 Å². The predicted molar refractivity (Wildman–Crippen MR) is 121 cm³/mol. The van der Waals surface area contributed by atoms with Crippen LogP contribution in [-0.4, -0.2) is 79.6 Å². The number of methoxy groups -OCH3 is 2. The quantitative estimate of drug-likeness (QED) is 0.676. The third kappa shape index (κ3) is 4.15. The Morgan fingerprint density at radius 1 is 1.25 bits per heavy atom. The monoisotopic (exact) mass is 473 g/mol. The number of aromatic nitrogens is 1. The van der Waals surface area contributed by atoms with Crippen LogP contribution in [0.3, 0.4) is 0 Å². The van der Waals surface area contributed by atoms with E-state index in [0.29, 0.717) is 18.6 Å². The number of pyridine rings is 1. The second kappa shape index (κ2) is 9.62. The highest BCUT2D eigenvalue weighted by atomic mass is 35.5. The Bertz CT molecular complexity index is 1070. The smallest absolute Gasteiger partial charge is 0.341 e. The van der Waals surface area contributed by atoms with E-state index in [1.54, 1.807) is 11.7 Å². The summed E-state index contributed by atoms with van der Waals surface area (Å²) in [5, 5.41) is 9.47. The highest BCUT2D eigenvalue weighted by Crippen LogP contribution is 2.44. The molecule has 1 aliphatic carbocycles. The van der Waals surface area contributed by atoms with Crippen LogP contribution < -0.4 is 15.1 Å². The molecule has 1 saturated heterocycles. The first kappa shape index (κ1) is 25.9. The number of carboxylic acid groups (broad SMARTS) is 1. The molecule has 2 aliphatic rings. The number of ether oxygens (including phenoxy) is 2. The first-order chi connectivity index (χ1) is 14.3. The summed E-state index contributed by atoms with van der Waals surface area (Å²) < 4.78 is 28.4. The van der Waals surface area contributed by atoms with Gasteiger partial charge < -0.3 is 34.4 Å². The molecule has 1 saturated carbocycles. The zero-order valence-corrected chi connectivity index (χ0v) is 19.2. The Balaban J connectivity index is 0.00000181.